The van der Waals surface area contributed by atoms with Crippen molar-refractivity contribution in [2.75, 3.05) is 44.2 Å². The largest absolute Gasteiger partial charge is 0.506 e. The third-order valence-corrected chi connectivity index (χ3v) is 5.47. The Bertz CT molecular complexity index is 831. The molecule has 0 radical (unpaired) electrons. The van der Waals surface area contributed by atoms with E-state index in [0.717, 1.165) is 54.5 Å². The summed E-state index contributed by atoms with van der Waals surface area (Å²) in [5.74, 6) is 1.01. The number of nitrogens with zero attached hydrogens (tertiary/aromatic N) is 4. The van der Waals surface area contributed by atoms with Crippen LogP contribution >= 0.6 is 11.3 Å². The number of hydrogen-bond donors (Lipinski definition) is 2. The van der Waals surface area contributed by atoms with Crippen LogP contribution in [-0.2, 0) is 12.6 Å². The second-order valence-corrected chi connectivity index (χ2v) is 7.52. The van der Waals surface area contributed by atoms with Gasteiger partial charge in [0.05, 0.1) is 10.7 Å². The van der Waals surface area contributed by atoms with Gasteiger partial charge in [-0.05, 0) is 19.1 Å². The Morgan fingerprint density at radius 3 is 2.59 bits per heavy atom. The molecule has 1 aromatic heterocycles. The summed E-state index contributed by atoms with van der Waals surface area (Å²) < 4.78 is 38.0. The summed E-state index contributed by atoms with van der Waals surface area (Å²) >= 11 is 1.01. The monoisotopic (exact) mass is 427 g/mol. The Morgan fingerprint density at radius 1 is 1.24 bits per heavy atom. The van der Waals surface area contributed by atoms with Crippen LogP contribution in [0.15, 0.2) is 34.6 Å². The van der Waals surface area contributed by atoms with E-state index in [0.29, 0.717) is 24.5 Å². The van der Waals surface area contributed by atoms with Crippen LogP contribution in [0, 0.1) is 0 Å². The maximum Gasteiger partial charge on any atom is 0.434 e. The molecule has 158 valence electrons. The van der Waals surface area contributed by atoms with Crippen molar-refractivity contribution >= 4 is 23.0 Å². The number of thiazole rings is 1. The fourth-order valence-electron chi connectivity index (χ4n) is 3.13. The van der Waals surface area contributed by atoms with Crippen LogP contribution < -0.4 is 10.2 Å². The molecule has 0 spiro atoms. The van der Waals surface area contributed by atoms with Crippen LogP contribution in [0.5, 0.6) is 5.75 Å². The lowest BCUT2D eigenvalue weighted by atomic mass is 10.2. The molecule has 0 atom stereocenters. The predicted molar refractivity (Wildman–Crippen MR) is 109 cm³/mol. The van der Waals surface area contributed by atoms with Gasteiger partial charge in [0.1, 0.15) is 5.75 Å². The number of aromatic hydroxyl groups is 1. The molecule has 0 saturated carbocycles. The summed E-state index contributed by atoms with van der Waals surface area (Å²) in [5.41, 5.74) is -0.0213. The quantitative estimate of drug-likeness (QED) is 0.567. The van der Waals surface area contributed by atoms with Gasteiger partial charge in [0.15, 0.2) is 11.7 Å². The van der Waals surface area contributed by atoms with Crippen LogP contribution in [0.1, 0.15) is 17.6 Å². The Hall–Kier alpha value is -2.49. The number of anilines is 1. The van der Waals surface area contributed by atoms with E-state index in [4.69, 9.17) is 0 Å². The number of aromatic nitrogens is 1. The lowest BCUT2D eigenvalue weighted by molar-refractivity contribution is -0.140. The topological polar surface area (TPSA) is 64.0 Å². The predicted octanol–water partition coefficient (Wildman–Crippen LogP) is 3.20. The Labute approximate surface area is 171 Å². The lowest BCUT2D eigenvalue weighted by Crippen LogP contribution is -2.52. The summed E-state index contributed by atoms with van der Waals surface area (Å²) in [6, 6.07) is 7.27. The Balaban J connectivity index is 1.57. The molecule has 1 aliphatic rings. The summed E-state index contributed by atoms with van der Waals surface area (Å²) in [6.45, 7) is 5.99. The maximum absolute atomic E-state index is 12.7. The van der Waals surface area contributed by atoms with Gasteiger partial charge in [0, 0.05) is 51.1 Å². The van der Waals surface area contributed by atoms with Crippen LogP contribution in [-0.4, -0.2) is 60.2 Å². The molecule has 1 saturated heterocycles. The molecule has 1 aliphatic heterocycles. The fourth-order valence-corrected chi connectivity index (χ4v) is 3.92. The average Bonchev–Trinajstić information content (AvgIpc) is 3.17. The van der Waals surface area contributed by atoms with Crippen molar-refractivity contribution in [1.29, 1.82) is 0 Å². The zero-order chi connectivity index (χ0) is 20.9. The van der Waals surface area contributed by atoms with E-state index in [-0.39, 0.29) is 5.75 Å². The molecule has 0 amide bonds. The summed E-state index contributed by atoms with van der Waals surface area (Å²) in [5, 5.41) is 14.8. The maximum atomic E-state index is 12.7. The van der Waals surface area contributed by atoms with Crippen LogP contribution in [0.4, 0.5) is 18.9 Å². The Morgan fingerprint density at radius 2 is 1.97 bits per heavy atom. The molecule has 1 fully saturated rings. The van der Waals surface area contributed by atoms with Gasteiger partial charge in [0.2, 0.25) is 0 Å². The van der Waals surface area contributed by atoms with Gasteiger partial charge in [-0.25, -0.2) is 4.98 Å². The molecule has 0 unspecified atom stereocenters. The number of phenolic OH excluding ortho intramolecular Hbond substituents is 1. The van der Waals surface area contributed by atoms with Crippen LogP contribution in [0.2, 0.25) is 0 Å². The first-order chi connectivity index (χ1) is 13.9. The molecule has 0 aliphatic carbocycles. The highest BCUT2D eigenvalue weighted by Gasteiger charge is 2.33. The molecular weight excluding hydrogens is 403 g/mol. The molecule has 0 bridgehead atoms. The van der Waals surface area contributed by atoms with Gasteiger partial charge in [-0.1, -0.05) is 12.1 Å². The molecule has 6 nitrogen and oxygen atoms in total. The van der Waals surface area contributed by atoms with E-state index in [9.17, 15) is 18.3 Å². The minimum Gasteiger partial charge on any atom is -0.506 e. The number of aliphatic imine (C=N–C) groups is 1. The number of nitrogens with one attached hydrogen (secondary N) is 1. The molecule has 29 heavy (non-hydrogen) atoms. The second-order valence-electron chi connectivity index (χ2n) is 6.57. The van der Waals surface area contributed by atoms with Crippen molar-refractivity contribution in [3.05, 3.63) is 40.3 Å². The number of alkyl halides is 3. The number of phenols is 1. The van der Waals surface area contributed by atoms with Crippen molar-refractivity contribution in [3.63, 3.8) is 0 Å². The zero-order valence-corrected chi connectivity index (χ0v) is 16.9. The van der Waals surface area contributed by atoms with Gasteiger partial charge in [0.25, 0.3) is 0 Å². The molecule has 2 aromatic rings. The molecule has 1 aromatic carbocycles. The second kappa shape index (κ2) is 9.34. The van der Waals surface area contributed by atoms with E-state index >= 15 is 0 Å². The molecular formula is C19H24F3N5OS. The highest BCUT2D eigenvalue weighted by Crippen LogP contribution is 2.30. The summed E-state index contributed by atoms with van der Waals surface area (Å²) in [7, 11) is 0. The number of halogens is 3. The normalized spacial score (nSPS) is 15.7. The van der Waals surface area contributed by atoms with Crippen molar-refractivity contribution in [1.82, 2.24) is 15.2 Å². The molecule has 2 heterocycles. The van der Waals surface area contributed by atoms with Crippen molar-refractivity contribution in [2.45, 2.75) is 19.5 Å². The minimum atomic E-state index is -4.40. The molecule has 3 rings (SSSR count). The van der Waals surface area contributed by atoms with Gasteiger partial charge >= 0.3 is 6.18 Å². The summed E-state index contributed by atoms with van der Waals surface area (Å²) in [4.78, 5) is 12.5. The van der Waals surface area contributed by atoms with E-state index < -0.39 is 11.9 Å². The van der Waals surface area contributed by atoms with Crippen molar-refractivity contribution in [3.8, 4) is 5.75 Å². The first-order valence-corrected chi connectivity index (χ1v) is 10.3. The lowest BCUT2D eigenvalue weighted by Gasteiger charge is -2.37. The van der Waals surface area contributed by atoms with Crippen LogP contribution in [0.3, 0.4) is 0 Å². The number of rotatable bonds is 5. The first kappa shape index (κ1) is 21.2. The standard InChI is InChI=1S/C19H24F3N5OS/c1-2-23-18(24-8-7-17-25-16(13-29-17)19(20,21)22)27-11-9-26(10-12-27)14-5-3-4-6-15(14)28/h3-6,13,28H,2,7-12H2,1H3,(H,23,24). The number of benzene rings is 1. The number of para-hydroxylation sites is 2. The third kappa shape index (κ3) is 5.53. The Kier molecular flexibility index (Phi) is 6.83. The minimum absolute atomic E-state index is 0.267. The molecule has 2 N–H and O–H groups in total. The molecule has 10 heteroatoms. The highest BCUT2D eigenvalue weighted by molar-refractivity contribution is 7.09. The third-order valence-electron chi connectivity index (χ3n) is 4.57. The van der Waals surface area contributed by atoms with Crippen molar-refractivity contribution in [2.24, 2.45) is 4.99 Å². The SMILES string of the molecule is CCNC(=NCCc1nc(C(F)(F)F)cs1)N1CCN(c2ccccc2O)CC1. The number of piperazine rings is 1. The fraction of sp³-hybridized carbons (Fsp3) is 0.474. The number of hydrogen-bond acceptors (Lipinski definition) is 5. The van der Waals surface area contributed by atoms with Gasteiger partial charge < -0.3 is 20.2 Å². The van der Waals surface area contributed by atoms with E-state index in [2.05, 4.69) is 25.1 Å². The van der Waals surface area contributed by atoms with Crippen LogP contribution in [0.25, 0.3) is 0 Å². The average molecular weight is 427 g/mol. The summed E-state index contributed by atoms with van der Waals surface area (Å²) in [6.07, 6.45) is -4.03. The van der Waals surface area contributed by atoms with E-state index in [1.165, 1.54) is 0 Å². The van der Waals surface area contributed by atoms with Gasteiger partial charge in [-0.3, -0.25) is 4.99 Å². The van der Waals surface area contributed by atoms with E-state index in [1.807, 2.05) is 19.1 Å². The number of guanidine groups is 1. The smallest absolute Gasteiger partial charge is 0.434 e. The van der Waals surface area contributed by atoms with Crippen molar-refractivity contribution < 1.29 is 18.3 Å². The van der Waals surface area contributed by atoms with E-state index in [1.54, 1.807) is 12.1 Å². The van der Waals surface area contributed by atoms with Gasteiger partial charge in [-0.15, -0.1) is 11.3 Å². The highest BCUT2D eigenvalue weighted by atomic mass is 32.1. The van der Waals surface area contributed by atoms with Gasteiger partial charge in [-0.2, -0.15) is 13.2 Å². The zero-order valence-electron chi connectivity index (χ0n) is 16.1. The first-order valence-electron chi connectivity index (χ1n) is 9.46.